The van der Waals surface area contributed by atoms with E-state index in [1.807, 2.05) is 4.57 Å². The fourth-order valence-corrected chi connectivity index (χ4v) is 1.82. The van der Waals surface area contributed by atoms with Crippen molar-refractivity contribution in [3.63, 3.8) is 0 Å². The van der Waals surface area contributed by atoms with Crippen molar-refractivity contribution < 1.29 is 9.50 Å². The minimum atomic E-state index is -0.305. The molecule has 0 aliphatic rings. The number of aromatic nitrogens is 2. The summed E-state index contributed by atoms with van der Waals surface area (Å²) in [6.45, 7) is 0.967. The smallest absolute Gasteiger partial charge is 0.125 e. The predicted octanol–water partition coefficient (Wildman–Crippen LogP) is 0.669. The molecule has 2 rings (SSSR count). The third-order valence-corrected chi connectivity index (χ3v) is 2.48. The third kappa shape index (κ3) is 1.91. The van der Waals surface area contributed by atoms with Crippen molar-refractivity contribution >= 4 is 11.0 Å². The van der Waals surface area contributed by atoms with Crippen LogP contribution >= 0.6 is 0 Å². The zero-order valence-electron chi connectivity index (χ0n) is 8.86. The highest BCUT2D eigenvalue weighted by atomic mass is 19.1. The lowest BCUT2D eigenvalue weighted by molar-refractivity contribution is 0.276. The Morgan fingerprint density at radius 3 is 2.94 bits per heavy atom. The van der Waals surface area contributed by atoms with E-state index in [0.29, 0.717) is 25.0 Å². The molecule has 0 radical (unpaired) electrons. The summed E-state index contributed by atoms with van der Waals surface area (Å²) in [7, 11) is 0. The Kier molecular flexibility index (Phi) is 3.17. The van der Waals surface area contributed by atoms with E-state index in [9.17, 15) is 4.39 Å². The molecule has 0 spiro atoms. The molecule has 1 aromatic heterocycles. The predicted molar refractivity (Wildman–Crippen MR) is 59.5 cm³/mol. The van der Waals surface area contributed by atoms with E-state index >= 15 is 0 Å². The van der Waals surface area contributed by atoms with Crippen LogP contribution in [0.15, 0.2) is 18.2 Å². The van der Waals surface area contributed by atoms with Crippen LogP contribution in [0.3, 0.4) is 0 Å². The van der Waals surface area contributed by atoms with Gasteiger partial charge in [-0.1, -0.05) is 0 Å². The van der Waals surface area contributed by atoms with Gasteiger partial charge in [-0.3, -0.25) is 0 Å². The van der Waals surface area contributed by atoms with Gasteiger partial charge in [0.2, 0.25) is 0 Å². The first-order valence-electron chi connectivity index (χ1n) is 5.22. The molecule has 0 saturated heterocycles. The molecule has 0 unspecified atom stereocenters. The van der Waals surface area contributed by atoms with Crippen LogP contribution in [0.2, 0.25) is 0 Å². The largest absolute Gasteiger partial charge is 0.395 e. The number of halogens is 1. The molecule has 2 aromatic rings. The Morgan fingerprint density at radius 1 is 1.44 bits per heavy atom. The van der Waals surface area contributed by atoms with Crippen molar-refractivity contribution in [2.45, 2.75) is 13.0 Å². The summed E-state index contributed by atoms with van der Waals surface area (Å²) in [5.74, 6) is 0.484. The van der Waals surface area contributed by atoms with Gasteiger partial charge in [-0.2, -0.15) is 0 Å². The zero-order chi connectivity index (χ0) is 11.5. The van der Waals surface area contributed by atoms with Crippen LogP contribution in [0.5, 0.6) is 0 Å². The number of benzene rings is 1. The topological polar surface area (TPSA) is 64.1 Å². The van der Waals surface area contributed by atoms with E-state index in [-0.39, 0.29) is 12.4 Å². The molecule has 5 heteroatoms. The highest BCUT2D eigenvalue weighted by Gasteiger charge is 2.09. The molecule has 0 bridgehead atoms. The minimum Gasteiger partial charge on any atom is -0.395 e. The Labute approximate surface area is 92.5 Å². The van der Waals surface area contributed by atoms with Gasteiger partial charge in [-0.05, 0) is 18.7 Å². The monoisotopic (exact) mass is 223 g/mol. The van der Waals surface area contributed by atoms with E-state index < -0.39 is 0 Å². The zero-order valence-corrected chi connectivity index (χ0v) is 8.86. The normalized spacial score (nSPS) is 11.2. The number of aliphatic hydroxyl groups is 1. The molecule has 3 N–H and O–H groups in total. The maximum absolute atomic E-state index is 13.0. The van der Waals surface area contributed by atoms with Crippen molar-refractivity contribution in [3.05, 3.63) is 29.8 Å². The molecular weight excluding hydrogens is 209 g/mol. The average Bonchev–Trinajstić information content (AvgIpc) is 2.57. The van der Waals surface area contributed by atoms with Crippen LogP contribution in [0.4, 0.5) is 4.39 Å². The molecule has 1 aromatic carbocycles. The lowest BCUT2D eigenvalue weighted by Crippen LogP contribution is -2.11. The SMILES string of the molecule is NCCc1nc2cc(F)ccc2n1CCO. The van der Waals surface area contributed by atoms with Gasteiger partial charge in [0.05, 0.1) is 17.6 Å². The number of hydrogen-bond donors (Lipinski definition) is 2. The quantitative estimate of drug-likeness (QED) is 0.800. The van der Waals surface area contributed by atoms with Crippen LogP contribution in [-0.4, -0.2) is 27.8 Å². The highest BCUT2D eigenvalue weighted by Crippen LogP contribution is 2.17. The Hall–Kier alpha value is -1.46. The Morgan fingerprint density at radius 2 is 2.25 bits per heavy atom. The number of aliphatic hydroxyl groups excluding tert-OH is 1. The van der Waals surface area contributed by atoms with Crippen molar-refractivity contribution in [2.75, 3.05) is 13.2 Å². The van der Waals surface area contributed by atoms with Gasteiger partial charge >= 0.3 is 0 Å². The fraction of sp³-hybridized carbons (Fsp3) is 0.364. The number of rotatable bonds is 4. The summed E-state index contributed by atoms with van der Waals surface area (Å²) in [6, 6.07) is 4.46. The molecule has 0 fully saturated rings. The molecule has 86 valence electrons. The molecule has 0 aliphatic carbocycles. The number of hydrogen-bond acceptors (Lipinski definition) is 3. The van der Waals surface area contributed by atoms with E-state index in [1.54, 1.807) is 6.07 Å². The second-order valence-electron chi connectivity index (χ2n) is 3.57. The lowest BCUT2D eigenvalue weighted by atomic mass is 10.3. The molecule has 0 aliphatic heterocycles. The number of fused-ring (bicyclic) bond motifs is 1. The number of nitrogens with zero attached hydrogens (tertiary/aromatic N) is 2. The van der Waals surface area contributed by atoms with Crippen molar-refractivity contribution in [1.29, 1.82) is 0 Å². The second kappa shape index (κ2) is 4.59. The maximum atomic E-state index is 13.0. The highest BCUT2D eigenvalue weighted by molar-refractivity contribution is 5.76. The molecule has 0 amide bonds. The second-order valence-corrected chi connectivity index (χ2v) is 3.57. The lowest BCUT2D eigenvalue weighted by Gasteiger charge is -2.05. The summed E-state index contributed by atoms with van der Waals surface area (Å²) in [4.78, 5) is 4.31. The molecular formula is C11H14FN3O. The van der Waals surface area contributed by atoms with Gasteiger partial charge in [0, 0.05) is 19.0 Å². The fourth-order valence-electron chi connectivity index (χ4n) is 1.82. The van der Waals surface area contributed by atoms with Crippen LogP contribution in [0.1, 0.15) is 5.82 Å². The number of nitrogens with two attached hydrogens (primary N) is 1. The molecule has 1 heterocycles. The maximum Gasteiger partial charge on any atom is 0.125 e. The minimum absolute atomic E-state index is 0.0282. The molecule has 16 heavy (non-hydrogen) atoms. The van der Waals surface area contributed by atoms with E-state index in [1.165, 1.54) is 12.1 Å². The summed E-state index contributed by atoms with van der Waals surface area (Å²) >= 11 is 0. The van der Waals surface area contributed by atoms with E-state index in [2.05, 4.69) is 4.98 Å². The van der Waals surface area contributed by atoms with Gasteiger partial charge in [0.25, 0.3) is 0 Å². The molecule has 0 atom stereocenters. The van der Waals surface area contributed by atoms with Crippen LogP contribution < -0.4 is 5.73 Å². The van der Waals surface area contributed by atoms with Crippen molar-refractivity contribution in [1.82, 2.24) is 9.55 Å². The summed E-state index contributed by atoms with van der Waals surface area (Å²) in [6.07, 6.45) is 0.621. The van der Waals surface area contributed by atoms with Gasteiger partial charge in [0.15, 0.2) is 0 Å². The van der Waals surface area contributed by atoms with Crippen LogP contribution in [0.25, 0.3) is 11.0 Å². The number of imidazole rings is 1. The van der Waals surface area contributed by atoms with Crippen molar-refractivity contribution in [3.8, 4) is 0 Å². The summed E-state index contributed by atoms with van der Waals surface area (Å²) in [5, 5.41) is 8.99. The van der Waals surface area contributed by atoms with E-state index in [4.69, 9.17) is 10.8 Å². The summed E-state index contributed by atoms with van der Waals surface area (Å²) in [5.41, 5.74) is 6.93. The Balaban J connectivity index is 2.56. The first kappa shape index (κ1) is 11.0. The van der Waals surface area contributed by atoms with Gasteiger partial charge < -0.3 is 15.4 Å². The molecule has 0 saturated carbocycles. The third-order valence-electron chi connectivity index (χ3n) is 2.48. The first-order chi connectivity index (χ1) is 7.76. The van der Waals surface area contributed by atoms with Gasteiger partial charge in [-0.15, -0.1) is 0 Å². The average molecular weight is 223 g/mol. The van der Waals surface area contributed by atoms with Gasteiger partial charge in [0.1, 0.15) is 11.6 Å². The summed E-state index contributed by atoms with van der Waals surface area (Å²) < 4.78 is 14.9. The standard InChI is InChI=1S/C11H14FN3O/c12-8-1-2-10-9(7-8)14-11(3-4-13)15(10)5-6-16/h1-2,7,16H,3-6,13H2. The van der Waals surface area contributed by atoms with Gasteiger partial charge in [-0.25, -0.2) is 9.37 Å². The Bertz CT molecular complexity index is 495. The van der Waals surface area contributed by atoms with Crippen molar-refractivity contribution in [2.24, 2.45) is 5.73 Å². The van der Waals surface area contributed by atoms with Crippen LogP contribution in [-0.2, 0) is 13.0 Å². The van der Waals surface area contributed by atoms with E-state index in [0.717, 1.165) is 11.3 Å². The molecule has 4 nitrogen and oxygen atoms in total. The van der Waals surface area contributed by atoms with Crippen LogP contribution in [0, 0.1) is 5.82 Å². The first-order valence-corrected chi connectivity index (χ1v) is 5.22.